The van der Waals surface area contributed by atoms with E-state index in [1.165, 1.54) is 0 Å². The number of urea groups is 1. The van der Waals surface area contributed by atoms with Gasteiger partial charge in [0.15, 0.2) is 0 Å². The summed E-state index contributed by atoms with van der Waals surface area (Å²) in [4.78, 5) is 46.1. The van der Waals surface area contributed by atoms with Crippen molar-refractivity contribution in [3.8, 4) is 0 Å². The Hall–Kier alpha value is -4.65. The zero-order valence-electron chi connectivity index (χ0n) is 22.3. The zero-order chi connectivity index (χ0) is 27.5. The first kappa shape index (κ1) is 25.6. The molecule has 6 rings (SSSR count). The molecule has 4 aromatic carbocycles. The number of piperazine rings is 1. The maximum atomic E-state index is 14.1. The summed E-state index contributed by atoms with van der Waals surface area (Å²) < 4.78 is 0. The molecular weight excluding hydrogens is 500 g/mol. The fraction of sp³-hybridized carbons (Fsp3) is 0.242. The fourth-order valence-electron chi connectivity index (χ4n) is 5.91. The minimum atomic E-state index is -0.687. The lowest BCUT2D eigenvalue weighted by atomic mass is 9.96. The first-order valence-electron chi connectivity index (χ1n) is 13.8. The number of fused-ring (bicyclic) bond motifs is 2. The molecule has 0 unspecified atom stereocenters. The molecule has 0 saturated carbocycles. The zero-order valence-corrected chi connectivity index (χ0v) is 22.3. The van der Waals surface area contributed by atoms with Gasteiger partial charge in [0.1, 0.15) is 12.2 Å². The Morgan fingerprint density at radius 1 is 0.800 bits per heavy atom. The number of hydrogen-bond donors (Lipinski definition) is 1. The van der Waals surface area contributed by atoms with Gasteiger partial charge in [-0.05, 0) is 27.5 Å². The summed E-state index contributed by atoms with van der Waals surface area (Å²) in [6.07, 6.45) is 0.0447. The van der Waals surface area contributed by atoms with Gasteiger partial charge in [0.25, 0.3) is 0 Å². The summed E-state index contributed by atoms with van der Waals surface area (Å²) in [7, 11) is 0. The molecule has 2 aliphatic rings. The number of rotatable bonds is 6. The molecular formula is C33H32N4O3. The Bertz CT molecular complexity index is 1520. The van der Waals surface area contributed by atoms with Gasteiger partial charge in [0, 0.05) is 32.5 Å². The van der Waals surface area contributed by atoms with Gasteiger partial charge in [-0.1, -0.05) is 103 Å². The largest absolute Gasteiger partial charge is 0.334 e. The summed E-state index contributed by atoms with van der Waals surface area (Å²) in [5.74, 6) is -0.177. The van der Waals surface area contributed by atoms with Crippen LogP contribution in [-0.2, 0) is 29.1 Å². The second-order valence-electron chi connectivity index (χ2n) is 10.4. The van der Waals surface area contributed by atoms with Crippen LogP contribution in [0, 0.1) is 0 Å². The first-order valence-corrected chi connectivity index (χ1v) is 13.8. The third kappa shape index (κ3) is 5.15. The standard InChI is InChI=1S/C33H32N4O3/c38-31-18-19-36(33(40)34-21-25-12-5-2-6-13-25)30-23-35(22-27-16-9-15-26-14-7-8-17-28(26)27)32(39)29(37(30)31)20-24-10-3-1-4-11-24/h1-17,29-30H,18-23H2,(H,34,40)/t29-,30-/m0/s1. The Morgan fingerprint density at radius 2 is 1.48 bits per heavy atom. The third-order valence-corrected chi connectivity index (χ3v) is 7.91. The van der Waals surface area contributed by atoms with Crippen LogP contribution >= 0.6 is 0 Å². The highest BCUT2D eigenvalue weighted by molar-refractivity contribution is 5.92. The van der Waals surface area contributed by atoms with Gasteiger partial charge in [-0.3, -0.25) is 9.59 Å². The van der Waals surface area contributed by atoms with Crippen LogP contribution in [0.4, 0.5) is 4.79 Å². The molecule has 7 heteroatoms. The molecule has 0 aromatic heterocycles. The molecule has 0 aliphatic carbocycles. The lowest BCUT2D eigenvalue weighted by molar-refractivity contribution is -0.167. The van der Waals surface area contributed by atoms with Gasteiger partial charge in [0.2, 0.25) is 11.8 Å². The molecule has 40 heavy (non-hydrogen) atoms. The molecule has 1 N–H and O–H groups in total. The topological polar surface area (TPSA) is 73.0 Å². The highest BCUT2D eigenvalue weighted by atomic mass is 16.2. The second-order valence-corrected chi connectivity index (χ2v) is 10.4. The number of hydrogen-bond acceptors (Lipinski definition) is 3. The molecule has 7 nitrogen and oxygen atoms in total. The summed E-state index contributed by atoms with van der Waals surface area (Å²) in [5.41, 5.74) is 3.02. The highest BCUT2D eigenvalue weighted by Crippen LogP contribution is 2.30. The maximum Gasteiger partial charge on any atom is 0.319 e. The number of benzene rings is 4. The predicted octanol–water partition coefficient (Wildman–Crippen LogP) is 4.56. The van der Waals surface area contributed by atoms with Gasteiger partial charge in [-0.2, -0.15) is 0 Å². The van der Waals surface area contributed by atoms with Crippen LogP contribution in [0.25, 0.3) is 10.8 Å². The molecule has 4 amide bonds. The molecule has 202 valence electrons. The quantitative estimate of drug-likeness (QED) is 0.396. The molecule has 2 saturated heterocycles. The lowest BCUT2D eigenvalue weighted by Crippen LogP contribution is -2.72. The summed E-state index contributed by atoms with van der Waals surface area (Å²) in [6.45, 7) is 1.37. The number of amides is 4. The summed E-state index contributed by atoms with van der Waals surface area (Å²) in [6, 6.07) is 32.9. The molecule has 0 bridgehead atoms. The first-order chi connectivity index (χ1) is 19.6. The van der Waals surface area contributed by atoms with Crippen LogP contribution in [-0.4, -0.2) is 57.8 Å². The predicted molar refractivity (Wildman–Crippen MR) is 154 cm³/mol. The monoisotopic (exact) mass is 532 g/mol. The van der Waals surface area contributed by atoms with Crippen LogP contribution in [0.5, 0.6) is 0 Å². The average molecular weight is 533 g/mol. The van der Waals surface area contributed by atoms with Crippen molar-refractivity contribution in [3.05, 3.63) is 120 Å². The molecule has 2 atom stereocenters. The minimum Gasteiger partial charge on any atom is -0.334 e. The maximum absolute atomic E-state index is 14.1. The molecule has 2 aliphatic heterocycles. The van der Waals surface area contributed by atoms with Crippen molar-refractivity contribution >= 4 is 28.6 Å². The Labute approximate surface area is 234 Å². The van der Waals surface area contributed by atoms with E-state index in [1.54, 1.807) is 9.80 Å². The smallest absolute Gasteiger partial charge is 0.319 e. The molecule has 2 fully saturated rings. The van der Waals surface area contributed by atoms with E-state index in [4.69, 9.17) is 0 Å². The van der Waals surface area contributed by atoms with Crippen LogP contribution in [0.3, 0.4) is 0 Å². The van der Waals surface area contributed by atoms with E-state index in [2.05, 4.69) is 23.5 Å². The van der Waals surface area contributed by atoms with Crippen LogP contribution in [0.1, 0.15) is 23.1 Å². The average Bonchev–Trinajstić information content (AvgIpc) is 2.99. The van der Waals surface area contributed by atoms with Crippen molar-refractivity contribution in [2.24, 2.45) is 0 Å². The molecule has 4 aromatic rings. The van der Waals surface area contributed by atoms with E-state index in [0.717, 1.165) is 27.5 Å². The number of carbonyl (C=O) groups is 3. The van der Waals surface area contributed by atoms with Gasteiger partial charge in [0.05, 0.1) is 6.54 Å². The van der Waals surface area contributed by atoms with Crippen molar-refractivity contribution in [2.75, 3.05) is 13.1 Å². The van der Waals surface area contributed by atoms with E-state index >= 15 is 0 Å². The lowest BCUT2D eigenvalue weighted by Gasteiger charge is -2.52. The fourth-order valence-corrected chi connectivity index (χ4v) is 5.91. The van der Waals surface area contributed by atoms with Crippen molar-refractivity contribution in [3.63, 3.8) is 0 Å². The molecule has 2 heterocycles. The minimum absolute atomic E-state index is 0.0869. The SMILES string of the molecule is O=C1[C@H](Cc2ccccc2)N2C(=O)CCN(C(=O)NCc3ccccc3)[C@@H]2CN1Cc1cccc2ccccc12. The Morgan fingerprint density at radius 3 is 2.25 bits per heavy atom. The van der Waals surface area contributed by atoms with E-state index in [0.29, 0.717) is 26.1 Å². The van der Waals surface area contributed by atoms with Crippen molar-refractivity contribution < 1.29 is 14.4 Å². The molecule has 0 spiro atoms. The Kier molecular flexibility index (Phi) is 7.19. The van der Waals surface area contributed by atoms with E-state index < -0.39 is 12.2 Å². The van der Waals surface area contributed by atoms with E-state index in [-0.39, 0.29) is 30.8 Å². The van der Waals surface area contributed by atoms with E-state index in [1.807, 2.05) is 89.8 Å². The highest BCUT2D eigenvalue weighted by Gasteiger charge is 2.48. The van der Waals surface area contributed by atoms with Crippen molar-refractivity contribution in [2.45, 2.75) is 38.1 Å². The number of carbonyl (C=O) groups excluding carboxylic acids is 3. The van der Waals surface area contributed by atoms with Crippen LogP contribution in [0.15, 0.2) is 103 Å². The van der Waals surface area contributed by atoms with E-state index in [9.17, 15) is 14.4 Å². The number of nitrogens with one attached hydrogen (secondary N) is 1. The third-order valence-electron chi connectivity index (χ3n) is 7.91. The van der Waals surface area contributed by atoms with Gasteiger partial charge < -0.3 is 20.0 Å². The van der Waals surface area contributed by atoms with Crippen molar-refractivity contribution in [1.29, 1.82) is 0 Å². The van der Waals surface area contributed by atoms with Gasteiger partial charge in [-0.15, -0.1) is 0 Å². The van der Waals surface area contributed by atoms with Gasteiger partial charge >= 0.3 is 6.03 Å². The van der Waals surface area contributed by atoms with Gasteiger partial charge in [-0.25, -0.2) is 4.79 Å². The second kappa shape index (κ2) is 11.2. The van der Waals surface area contributed by atoms with Crippen LogP contribution in [0.2, 0.25) is 0 Å². The van der Waals surface area contributed by atoms with Crippen molar-refractivity contribution in [1.82, 2.24) is 20.0 Å². The number of nitrogens with zero attached hydrogens (tertiary/aromatic N) is 3. The summed E-state index contributed by atoms with van der Waals surface area (Å²) >= 11 is 0. The summed E-state index contributed by atoms with van der Waals surface area (Å²) in [5, 5.41) is 5.23. The molecule has 0 radical (unpaired) electrons. The van der Waals surface area contributed by atoms with Crippen LogP contribution < -0.4 is 5.32 Å². The normalized spacial score (nSPS) is 19.1. The Balaban J connectivity index is 1.31.